The molecule has 0 saturated carbocycles. The summed E-state index contributed by atoms with van der Waals surface area (Å²) in [5.74, 6) is 1.57. The molecule has 0 fully saturated rings. The predicted molar refractivity (Wildman–Crippen MR) is 209 cm³/mol. The fourth-order valence-corrected chi connectivity index (χ4v) is 6.85. The Labute approximate surface area is 313 Å². The van der Waals surface area contributed by atoms with Crippen LogP contribution in [0.25, 0.3) is 33.5 Å². The Kier molecular flexibility index (Phi) is 9.86. The first-order valence-corrected chi connectivity index (χ1v) is 18.0. The molecule has 0 radical (unpaired) electrons. The first kappa shape index (κ1) is 34.4. The molecule has 0 aliphatic heterocycles. The van der Waals surface area contributed by atoms with Crippen molar-refractivity contribution in [2.45, 2.75) is 25.5 Å². The molecule has 9 heteroatoms. The number of benzene rings is 5. The summed E-state index contributed by atoms with van der Waals surface area (Å²) in [5, 5.41) is 23.8. The molecule has 0 aliphatic carbocycles. The van der Waals surface area contributed by atoms with Crippen molar-refractivity contribution < 1.29 is 14.6 Å². The number of fused-ring (bicyclic) bond motifs is 1. The highest BCUT2D eigenvalue weighted by molar-refractivity contribution is 5.82. The van der Waals surface area contributed by atoms with Gasteiger partial charge < -0.3 is 14.6 Å². The van der Waals surface area contributed by atoms with Crippen LogP contribution in [0.2, 0.25) is 0 Å². The third kappa shape index (κ3) is 6.68. The predicted octanol–water partition coefficient (Wildman–Crippen LogP) is 8.30. The summed E-state index contributed by atoms with van der Waals surface area (Å²) in [5.41, 5.74) is 8.32. The number of hydrogen-bond acceptors (Lipinski definition) is 8. The summed E-state index contributed by atoms with van der Waals surface area (Å²) in [6, 6.07) is 53.0. The van der Waals surface area contributed by atoms with Gasteiger partial charge >= 0.3 is 0 Å². The van der Waals surface area contributed by atoms with E-state index in [-0.39, 0.29) is 13.2 Å². The second-order valence-electron chi connectivity index (χ2n) is 12.8. The van der Waals surface area contributed by atoms with Crippen LogP contribution in [0, 0.1) is 0 Å². The molecule has 3 heterocycles. The van der Waals surface area contributed by atoms with E-state index in [1.807, 2.05) is 84.9 Å². The van der Waals surface area contributed by atoms with Gasteiger partial charge in [0.05, 0.1) is 12.1 Å². The van der Waals surface area contributed by atoms with Crippen molar-refractivity contribution in [2.75, 3.05) is 13.2 Å². The van der Waals surface area contributed by atoms with Crippen molar-refractivity contribution in [3.8, 4) is 34.1 Å². The summed E-state index contributed by atoms with van der Waals surface area (Å²) >= 11 is 0. The van der Waals surface area contributed by atoms with Gasteiger partial charge in [0, 0.05) is 23.4 Å². The molecule has 0 bridgehead atoms. The summed E-state index contributed by atoms with van der Waals surface area (Å²) in [6.45, 7) is 2.46. The molecule has 8 aromatic rings. The Morgan fingerprint density at radius 3 is 1.87 bits per heavy atom. The molecular formula is C45H38N6O3. The van der Waals surface area contributed by atoms with Gasteiger partial charge in [-0.05, 0) is 51.1 Å². The zero-order chi connectivity index (χ0) is 36.7. The fraction of sp³-hybridized carbons (Fsp3) is 0.133. The monoisotopic (exact) mass is 710 g/mol. The van der Waals surface area contributed by atoms with E-state index in [1.165, 1.54) is 0 Å². The number of aliphatic hydroxyl groups excluding tert-OH is 1. The van der Waals surface area contributed by atoms with E-state index < -0.39 is 5.54 Å². The molecule has 0 saturated heterocycles. The lowest BCUT2D eigenvalue weighted by atomic mass is 9.77. The molecule has 0 aliphatic rings. The van der Waals surface area contributed by atoms with Crippen LogP contribution in [0.4, 0.5) is 0 Å². The van der Waals surface area contributed by atoms with Crippen LogP contribution >= 0.6 is 0 Å². The number of ether oxygens (including phenoxy) is 2. The zero-order valence-corrected chi connectivity index (χ0v) is 29.8. The molecule has 0 atom stereocenters. The van der Waals surface area contributed by atoms with Gasteiger partial charge in [-0.1, -0.05) is 146 Å². The first-order chi connectivity index (χ1) is 26.7. The zero-order valence-electron chi connectivity index (χ0n) is 29.8. The number of nitrogens with zero attached hydrogens (tertiary/aromatic N) is 6. The normalized spacial score (nSPS) is 11.4. The lowest BCUT2D eigenvalue weighted by Gasteiger charge is -2.34. The Morgan fingerprint density at radius 1 is 0.648 bits per heavy atom. The van der Waals surface area contributed by atoms with Crippen molar-refractivity contribution in [2.24, 2.45) is 0 Å². The number of hydrogen-bond donors (Lipinski definition) is 1. The average Bonchev–Trinajstić information content (AvgIpc) is 3.74. The third-order valence-corrected chi connectivity index (χ3v) is 9.46. The van der Waals surface area contributed by atoms with E-state index in [4.69, 9.17) is 29.9 Å². The second-order valence-corrected chi connectivity index (χ2v) is 12.8. The maximum atomic E-state index is 9.19. The van der Waals surface area contributed by atoms with Crippen LogP contribution < -0.4 is 9.47 Å². The van der Waals surface area contributed by atoms with Gasteiger partial charge in [0.15, 0.2) is 5.54 Å². The smallest absolute Gasteiger partial charge is 0.214 e. The van der Waals surface area contributed by atoms with Gasteiger partial charge in [0.2, 0.25) is 11.7 Å². The van der Waals surface area contributed by atoms with Crippen LogP contribution in [-0.2, 0) is 18.6 Å². The van der Waals surface area contributed by atoms with Crippen LogP contribution in [-0.4, -0.2) is 48.5 Å². The molecule has 54 heavy (non-hydrogen) atoms. The highest BCUT2D eigenvalue weighted by Crippen LogP contribution is 2.40. The maximum Gasteiger partial charge on any atom is 0.214 e. The Bertz CT molecular complexity index is 2380. The van der Waals surface area contributed by atoms with E-state index in [1.54, 1.807) is 10.9 Å². The van der Waals surface area contributed by atoms with Gasteiger partial charge in [0.25, 0.3) is 0 Å². The Balaban J connectivity index is 1.11. The van der Waals surface area contributed by atoms with Crippen molar-refractivity contribution in [3.05, 3.63) is 186 Å². The van der Waals surface area contributed by atoms with Gasteiger partial charge in [-0.3, -0.25) is 4.98 Å². The minimum absolute atomic E-state index is 0.0926. The lowest BCUT2D eigenvalue weighted by molar-refractivity contribution is 0.197. The Morgan fingerprint density at radius 2 is 1.26 bits per heavy atom. The van der Waals surface area contributed by atoms with Gasteiger partial charge in [-0.25, -0.2) is 4.98 Å². The molecule has 8 rings (SSSR count). The van der Waals surface area contributed by atoms with E-state index in [0.29, 0.717) is 29.6 Å². The SMILES string of the molecule is CCc1cc(OCc2ccc(-c3ccccc3-c3nnn(C(c4ccccc4)(c4ccccc4)c4ccccc4)n3)cc2)c2nc(OCCO)ccc2n1. The molecule has 266 valence electrons. The third-order valence-electron chi connectivity index (χ3n) is 9.46. The number of aliphatic hydroxyl groups is 1. The van der Waals surface area contributed by atoms with Crippen molar-refractivity contribution in [3.63, 3.8) is 0 Å². The number of aromatic nitrogens is 6. The summed E-state index contributed by atoms with van der Waals surface area (Å²) in [6.07, 6.45) is 0.761. The summed E-state index contributed by atoms with van der Waals surface area (Å²) in [7, 11) is 0. The molecular weight excluding hydrogens is 673 g/mol. The molecule has 9 nitrogen and oxygen atoms in total. The average molecular weight is 711 g/mol. The standard InChI is InChI=1S/C45H38N6O3/c1-2-37-30-41(43-40(46-37)26-27-42(47-43)53-29-28-52)54-31-32-22-24-33(25-23-32)38-20-12-13-21-39(38)44-48-50-51(49-44)45(34-14-6-3-7-15-34,35-16-8-4-9-17-35)36-18-10-5-11-19-36/h3-27,30,52H,2,28-29,31H2,1H3. The number of pyridine rings is 2. The number of tetrazole rings is 1. The number of aryl methyl sites for hydroxylation is 1. The molecule has 3 aromatic heterocycles. The highest BCUT2D eigenvalue weighted by atomic mass is 16.5. The number of rotatable bonds is 13. The maximum absolute atomic E-state index is 9.19. The van der Waals surface area contributed by atoms with Crippen LogP contribution in [0.5, 0.6) is 11.6 Å². The van der Waals surface area contributed by atoms with Crippen LogP contribution in [0.15, 0.2) is 158 Å². The van der Waals surface area contributed by atoms with Gasteiger partial charge in [-0.2, -0.15) is 0 Å². The minimum atomic E-state index is -0.868. The lowest BCUT2D eigenvalue weighted by Crippen LogP contribution is -2.39. The quantitative estimate of drug-likeness (QED) is 0.119. The summed E-state index contributed by atoms with van der Waals surface area (Å²) in [4.78, 5) is 11.1. The Hall–Kier alpha value is -6.71. The second kappa shape index (κ2) is 15.5. The highest BCUT2D eigenvalue weighted by Gasteiger charge is 2.41. The molecule has 5 aromatic carbocycles. The molecule has 0 unspecified atom stereocenters. The largest absolute Gasteiger partial charge is 0.486 e. The van der Waals surface area contributed by atoms with E-state index in [0.717, 1.165) is 56.6 Å². The topological polar surface area (TPSA) is 108 Å². The van der Waals surface area contributed by atoms with Crippen LogP contribution in [0.1, 0.15) is 34.9 Å². The fourth-order valence-electron chi connectivity index (χ4n) is 6.85. The van der Waals surface area contributed by atoms with E-state index in [9.17, 15) is 5.11 Å². The van der Waals surface area contributed by atoms with Crippen molar-refractivity contribution >= 4 is 11.0 Å². The van der Waals surface area contributed by atoms with E-state index in [2.05, 4.69) is 78.6 Å². The minimum Gasteiger partial charge on any atom is -0.486 e. The van der Waals surface area contributed by atoms with Crippen molar-refractivity contribution in [1.82, 2.24) is 30.2 Å². The van der Waals surface area contributed by atoms with Crippen LogP contribution in [0.3, 0.4) is 0 Å². The molecule has 0 spiro atoms. The van der Waals surface area contributed by atoms with E-state index >= 15 is 0 Å². The van der Waals surface area contributed by atoms with Gasteiger partial charge in [-0.15, -0.1) is 15.0 Å². The molecule has 1 N–H and O–H groups in total. The first-order valence-electron chi connectivity index (χ1n) is 18.0. The molecule has 0 amide bonds. The van der Waals surface area contributed by atoms with Crippen molar-refractivity contribution in [1.29, 1.82) is 0 Å². The van der Waals surface area contributed by atoms with Gasteiger partial charge in [0.1, 0.15) is 24.5 Å². The summed E-state index contributed by atoms with van der Waals surface area (Å²) < 4.78 is 11.9.